The highest BCUT2D eigenvalue weighted by Gasteiger charge is 2.22. The zero-order valence-corrected chi connectivity index (χ0v) is 18.3. The van der Waals surface area contributed by atoms with E-state index in [1.807, 2.05) is 18.2 Å². The molecule has 0 aromatic heterocycles. The molecule has 0 atom stereocenters. The molecule has 27 heavy (non-hydrogen) atoms. The number of halogens is 1. The van der Waals surface area contributed by atoms with Gasteiger partial charge in [0.1, 0.15) is 5.82 Å². The zero-order chi connectivity index (χ0) is 19.1. The van der Waals surface area contributed by atoms with Gasteiger partial charge in [-0.3, -0.25) is 0 Å². The van der Waals surface area contributed by atoms with Crippen molar-refractivity contribution < 1.29 is 4.39 Å². The van der Waals surface area contributed by atoms with Gasteiger partial charge in [-0.15, -0.1) is 0 Å². The Hall–Kier alpha value is -1.67. The molecule has 0 spiro atoms. The van der Waals surface area contributed by atoms with Crippen molar-refractivity contribution in [1.29, 1.82) is 0 Å². The second-order valence-electron chi connectivity index (χ2n) is 8.11. The normalized spacial score (nSPS) is 20.7. The fourth-order valence-corrected chi connectivity index (χ4v) is 6.26. The van der Waals surface area contributed by atoms with Crippen molar-refractivity contribution in [3.8, 4) is 0 Å². The smallest absolute Gasteiger partial charge is 0.130 e. The quantitative estimate of drug-likeness (QED) is 0.358. The molecule has 0 bridgehead atoms. The van der Waals surface area contributed by atoms with E-state index >= 15 is 0 Å². The maximum Gasteiger partial charge on any atom is 0.130 e. The minimum Gasteiger partial charge on any atom is -0.206 e. The van der Waals surface area contributed by atoms with Crippen LogP contribution in [0.2, 0.25) is 11.6 Å². The molecule has 0 heterocycles. The third kappa shape index (κ3) is 5.65. The molecule has 0 aliphatic heterocycles. The summed E-state index contributed by atoms with van der Waals surface area (Å²) >= 11 is 0. The Balaban J connectivity index is 1.63. The first-order valence-electron chi connectivity index (χ1n) is 10.8. The number of hydrogen-bond donors (Lipinski definition) is 0. The number of aryl methyl sites for hydroxylation is 1. The third-order valence-corrected chi connectivity index (χ3v) is 8.22. The summed E-state index contributed by atoms with van der Waals surface area (Å²) in [4.78, 5) is 0. The number of benzene rings is 2. The molecule has 2 heteroatoms. The minimum atomic E-state index is -0.0867. The highest BCUT2D eigenvalue weighted by molar-refractivity contribution is 6.37. The second-order valence-corrected chi connectivity index (χ2v) is 10.8. The molecule has 2 aromatic rings. The van der Waals surface area contributed by atoms with Crippen LogP contribution in [0.25, 0.3) is 12.2 Å². The van der Waals surface area contributed by atoms with Gasteiger partial charge >= 0.3 is 0 Å². The fraction of sp³-hybridized carbons (Fsp3) is 0.440. The molecule has 144 valence electrons. The Morgan fingerprint density at radius 3 is 2.33 bits per heavy atom. The molecule has 0 radical (unpaired) electrons. The van der Waals surface area contributed by atoms with E-state index in [2.05, 4.69) is 44.2 Å². The van der Waals surface area contributed by atoms with Gasteiger partial charge in [-0.1, -0.05) is 93.2 Å². The van der Waals surface area contributed by atoms with Crippen molar-refractivity contribution in [2.75, 3.05) is 0 Å². The molecule has 3 rings (SSSR count). The van der Waals surface area contributed by atoms with Gasteiger partial charge < -0.3 is 0 Å². The molecule has 1 aliphatic carbocycles. The van der Waals surface area contributed by atoms with Crippen molar-refractivity contribution in [2.24, 2.45) is 0 Å². The molecule has 0 saturated heterocycles. The SMILES string of the molecule is CCCc1ccc(C=Cc2ccc([C@H]3CC[C@H]([SiH2]CC)CC3)cc2F)cc1. The largest absolute Gasteiger partial charge is 0.206 e. The van der Waals surface area contributed by atoms with Gasteiger partial charge in [0.05, 0.1) is 0 Å². The topological polar surface area (TPSA) is 0 Å². The monoisotopic (exact) mass is 380 g/mol. The standard InChI is InChI=1S/C25H33FSi/c1-3-5-19-6-8-20(9-7-19)10-11-22-12-13-23(18-25(22)26)21-14-16-24(17-15-21)27-4-2/h6-13,18,21,24H,3-5,14-17,27H2,1-2H3/t21-,24-. The van der Waals surface area contributed by atoms with E-state index in [0.717, 1.165) is 23.9 Å². The number of rotatable bonds is 7. The first-order chi connectivity index (χ1) is 13.2. The van der Waals surface area contributed by atoms with Crippen LogP contribution in [0, 0.1) is 5.82 Å². The number of hydrogen-bond acceptors (Lipinski definition) is 0. The Bertz CT molecular complexity index is 739. The molecular weight excluding hydrogens is 347 g/mol. The van der Waals surface area contributed by atoms with Crippen LogP contribution in [0.3, 0.4) is 0 Å². The average molecular weight is 381 g/mol. The molecule has 1 saturated carbocycles. The summed E-state index contributed by atoms with van der Waals surface area (Å²) in [5.74, 6) is 0.474. The molecule has 1 fully saturated rings. The van der Waals surface area contributed by atoms with Crippen LogP contribution in [0.1, 0.15) is 74.1 Å². The summed E-state index contributed by atoms with van der Waals surface area (Å²) in [7, 11) is 0.138. The van der Waals surface area contributed by atoms with Crippen LogP contribution in [-0.4, -0.2) is 9.52 Å². The Labute approximate surface area is 166 Å². The summed E-state index contributed by atoms with van der Waals surface area (Å²) in [5.41, 5.74) is 5.40. The summed E-state index contributed by atoms with van der Waals surface area (Å²) in [5, 5.41) is 0. The van der Waals surface area contributed by atoms with Crippen LogP contribution in [0.15, 0.2) is 42.5 Å². The highest BCUT2D eigenvalue weighted by atomic mass is 28.2. The van der Waals surface area contributed by atoms with Gasteiger partial charge in [0.15, 0.2) is 0 Å². The molecule has 0 nitrogen and oxygen atoms in total. The van der Waals surface area contributed by atoms with Crippen molar-refractivity contribution in [3.05, 3.63) is 70.5 Å². The van der Waals surface area contributed by atoms with Gasteiger partial charge in [0.2, 0.25) is 0 Å². The molecule has 0 amide bonds. The van der Waals surface area contributed by atoms with Gasteiger partial charge in [0, 0.05) is 15.1 Å². The van der Waals surface area contributed by atoms with E-state index in [-0.39, 0.29) is 15.3 Å². The molecule has 0 unspecified atom stereocenters. The van der Waals surface area contributed by atoms with Crippen molar-refractivity contribution in [3.63, 3.8) is 0 Å². The van der Waals surface area contributed by atoms with E-state index in [9.17, 15) is 4.39 Å². The van der Waals surface area contributed by atoms with Crippen molar-refractivity contribution in [1.82, 2.24) is 0 Å². The van der Waals surface area contributed by atoms with Gasteiger partial charge in [-0.05, 0) is 47.9 Å². The van der Waals surface area contributed by atoms with Gasteiger partial charge in [-0.25, -0.2) is 4.39 Å². The van der Waals surface area contributed by atoms with Crippen LogP contribution < -0.4 is 0 Å². The van der Waals surface area contributed by atoms with Gasteiger partial charge in [-0.2, -0.15) is 0 Å². The van der Waals surface area contributed by atoms with E-state index < -0.39 is 0 Å². The van der Waals surface area contributed by atoms with Crippen LogP contribution >= 0.6 is 0 Å². The Morgan fingerprint density at radius 1 is 0.963 bits per heavy atom. The Morgan fingerprint density at radius 2 is 1.70 bits per heavy atom. The first-order valence-corrected chi connectivity index (χ1v) is 12.6. The third-order valence-electron chi connectivity index (χ3n) is 6.01. The van der Waals surface area contributed by atoms with E-state index in [4.69, 9.17) is 0 Å². The average Bonchev–Trinajstić information content (AvgIpc) is 2.69. The molecule has 1 aliphatic rings. The fourth-order valence-electron chi connectivity index (χ4n) is 4.40. The molecule has 0 N–H and O–H groups in total. The van der Waals surface area contributed by atoms with Crippen molar-refractivity contribution in [2.45, 2.75) is 69.9 Å². The summed E-state index contributed by atoms with van der Waals surface area (Å²) in [6, 6.07) is 15.9. The second kappa shape index (κ2) is 10.0. The van der Waals surface area contributed by atoms with E-state index in [0.29, 0.717) is 11.5 Å². The lowest BCUT2D eigenvalue weighted by Gasteiger charge is -2.28. The maximum atomic E-state index is 14.6. The van der Waals surface area contributed by atoms with Crippen LogP contribution in [0.5, 0.6) is 0 Å². The lowest BCUT2D eigenvalue weighted by Crippen LogP contribution is -2.13. The predicted molar refractivity (Wildman–Crippen MR) is 120 cm³/mol. The lowest BCUT2D eigenvalue weighted by atomic mass is 9.83. The van der Waals surface area contributed by atoms with E-state index in [1.165, 1.54) is 42.9 Å². The van der Waals surface area contributed by atoms with Crippen LogP contribution in [0.4, 0.5) is 4.39 Å². The highest BCUT2D eigenvalue weighted by Crippen LogP contribution is 2.38. The van der Waals surface area contributed by atoms with Crippen LogP contribution in [-0.2, 0) is 6.42 Å². The zero-order valence-electron chi connectivity index (χ0n) is 16.9. The summed E-state index contributed by atoms with van der Waals surface area (Å²) in [6.07, 6.45) is 11.4. The summed E-state index contributed by atoms with van der Waals surface area (Å²) in [6.45, 7) is 4.53. The minimum absolute atomic E-state index is 0.0867. The lowest BCUT2D eigenvalue weighted by molar-refractivity contribution is 0.439. The molecular formula is C25H33FSi. The maximum absolute atomic E-state index is 14.6. The molecule has 2 aromatic carbocycles. The Kier molecular flexibility index (Phi) is 7.46. The van der Waals surface area contributed by atoms with Crippen molar-refractivity contribution >= 4 is 21.7 Å². The first kappa shape index (κ1) is 20.1. The summed E-state index contributed by atoms with van der Waals surface area (Å²) < 4.78 is 14.6. The van der Waals surface area contributed by atoms with Gasteiger partial charge in [0.25, 0.3) is 0 Å². The predicted octanol–water partition coefficient (Wildman–Crippen LogP) is 7.00. The van der Waals surface area contributed by atoms with E-state index in [1.54, 1.807) is 6.07 Å².